The van der Waals surface area contributed by atoms with Crippen molar-refractivity contribution in [2.24, 2.45) is 0 Å². The van der Waals surface area contributed by atoms with E-state index in [9.17, 15) is 35.8 Å². The number of benzene rings is 1. The molecule has 3 aromatic rings. The Hall–Kier alpha value is -3.16. The number of aliphatic hydroxyl groups is 1. The van der Waals surface area contributed by atoms with E-state index in [4.69, 9.17) is 0 Å². The van der Waals surface area contributed by atoms with Gasteiger partial charge in [0.1, 0.15) is 12.1 Å². The Kier molecular flexibility index (Phi) is 5.46. The zero-order chi connectivity index (χ0) is 23.2. The van der Waals surface area contributed by atoms with Crippen molar-refractivity contribution in [3.8, 4) is 5.75 Å². The Balaban J connectivity index is 2.05. The van der Waals surface area contributed by atoms with Crippen LogP contribution in [-0.2, 0) is 6.18 Å². The van der Waals surface area contributed by atoms with E-state index in [1.165, 1.54) is 13.8 Å². The minimum Gasteiger partial charge on any atom is -0.403 e. The highest BCUT2D eigenvalue weighted by Crippen LogP contribution is 2.35. The van der Waals surface area contributed by atoms with Gasteiger partial charge < -0.3 is 15.2 Å². The molecule has 0 amide bonds. The second kappa shape index (κ2) is 7.51. The lowest BCUT2D eigenvalue weighted by Crippen LogP contribution is -2.35. The number of hydrogen-bond donors (Lipinski definition) is 2. The molecule has 2 aromatic heterocycles. The predicted octanol–water partition coefficient (Wildman–Crippen LogP) is 4.10. The highest BCUT2D eigenvalue weighted by molar-refractivity contribution is 5.48. The summed E-state index contributed by atoms with van der Waals surface area (Å²) in [5.74, 6) is -3.18. The molecule has 0 saturated heterocycles. The van der Waals surface area contributed by atoms with Crippen molar-refractivity contribution in [1.82, 2.24) is 19.6 Å². The van der Waals surface area contributed by atoms with Gasteiger partial charge in [0, 0.05) is 6.07 Å². The fraction of sp³-hybridized carbons (Fsp3) is 0.353. The SMILES string of the molecule is CC(C)(O)[C@H](Nc1cc(C(F)(F)F)nc2ncnn12)c1ccc(OC(F)(F)F)c(F)c1. The van der Waals surface area contributed by atoms with Gasteiger partial charge in [0.2, 0.25) is 0 Å². The number of anilines is 1. The van der Waals surface area contributed by atoms with Gasteiger partial charge in [-0.2, -0.15) is 27.8 Å². The smallest absolute Gasteiger partial charge is 0.403 e. The van der Waals surface area contributed by atoms with E-state index >= 15 is 0 Å². The number of alkyl halides is 6. The molecular formula is C17H14F7N5O2. The van der Waals surface area contributed by atoms with Gasteiger partial charge in [-0.05, 0) is 31.5 Å². The number of nitrogens with one attached hydrogen (secondary N) is 1. The molecule has 0 aliphatic rings. The van der Waals surface area contributed by atoms with E-state index in [1.54, 1.807) is 0 Å². The van der Waals surface area contributed by atoms with Crippen molar-refractivity contribution in [2.75, 3.05) is 5.32 Å². The van der Waals surface area contributed by atoms with Crippen molar-refractivity contribution in [2.45, 2.75) is 38.0 Å². The number of hydrogen-bond acceptors (Lipinski definition) is 6. The number of fused-ring (bicyclic) bond motifs is 1. The van der Waals surface area contributed by atoms with Crippen molar-refractivity contribution < 1.29 is 40.6 Å². The molecule has 2 heterocycles. The van der Waals surface area contributed by atoms with Crippen LogP contribution in [0.2, 0.25) is 0 Å². The maximum atomic E-state index is 14.2. The van der Waals surface area contributed by atoms with Crippen LogP contribution < -0.4 is 10.1 Å². The summed E-state index contributed by atoms with van der Waals surface area (Å²) in [6.07, 6.45) is -8.99. The summed E-state index contributed by atoms with van der Waals surface area (Å²) < 4.78 is 95.2. The summed E-state index contributed by atoms with van der Waals surface area (Å²) in [5.41, 5.74) is -3.09. The van der Waals surface area contributed by atoms with Gasteiger partial charge in [-0.1, -0.05) is 6.07 Å². The zero-order valence-corrected chi connectivity index (χ0v) is 15.8. The van der Waals surface area contributed by atoms with Crippen LogP contribution in [-0.4, -0.2) is 36.7 Å². The average molecular weight is 453 g/mol. The molecule has 0 aliphatic heterocycles. The first-order valence-electron chi connectivity index (χ1n) is 8.47. The fourth-order valence-corrected chi connectivity index (χ4v) is 2.78. The first-order chi connectivity index (χ1) is 14.1. The Morgan fingerprint density at radius 1 is 1.10 bits per heavy atom. The first kappa shape index (κ1) is 22.5. The second-order valence-electron chi connectivity index (χ2n) is 6.96. The van der Waals surface area contributed by atoms with Gasteiger partial charge >= 0.3 is 12.5 Å². The largest absolute Gasteiger partial charge is 0.573 e. The Bertz CT molecular complexity index is 1090. The van der Waals surface area contributed by atoms with Gasteiger partial charge in [-0.25, -0.2) is 9.37 Å². The quantitative estimate of drug-likeness (QED) is 0.566. The molecular weight excluding hydrogens is 439 g/mol. The van der Waals surface area contributed by atoms with E-state index in [0.717, 1.165) is 16.9 Å². The molecule has 0 fully saturated rings. The number of halogens is 7. The maximum Gasteiger partial charge on any atom is 0.573 e. The van der Waals surface area contributed by atoms with Gasteiger partial charge in [0.25, 0.3) is 5.78 Å². The normalized spacial score (nSPS) is 14.0. The number of aromatic nitrogens is 4. The molecule has 168 valence electrons. The van der Waals surface area contributed by atoms with Crippen molar-refractivity contribution >= 4 is 11.6 Å². The molecule has 0 radical (unpaired) electrons. The molecule has 0 aliphatic carbocycles. The van der Waals surface area contributed by atoms with Gasteiger partial charge in [0.15, 0.2) is 17.3 Å². The molecule has 0 saturated carbocycles. The fourth-order valence-electron chi connectivity index (χ4n) is 2.78. The molecule has 14 heteroatoms. The molecule has 1 atom stereocenters. The first-order valence-corrected chi connectivity index (χ1v) is 8.47. The maximum absolute atomic E-state index is 14.2. The Morgan fingerprint density at radius 3 is 2.32 bits per heavy atom. The van der Waals surface area contributed by atoms with E-state index in [1.807, 2.05) is 0 Å². The van der Waals surface area contributed by atoms with Crippen LogP contribution in [0.4, 0.5) is 36.6 Å². The lowest BCUT2D eigenvalue weighted by Gasteiger charge is -2.31. The van der Waals surface area contributed by atoms with E-state index in [2.05, 4.69) is 25.1 Å². The lowest BCUT2D eigenvalue weighted by molar-refractivity contribution is -0.275. The summed E-state index contributed by atoms with van der Waals surface area (Å²) in [6.45, 7) is 2.54. The summed E-state index contributed by atoms with van der Waals surface area (Å²) in [7, 11) is 0. The third-order valence-corrected chi connectivity index (χ3v) is 4.06. The monoisotopic (exact) mass is 453 g/mol. The third-order valence-electron chi connectivity index (χ3n) is 4.06. The number of nitrogens with zero attached hydrogens (tertiary/aromatic N) is 4. The average Bonchev–Trinajstić information content (AvgIpc) is 3.07. The van der Waals surface area contributed by atoms with Crippen molar-refractivity contribution in [1.29, 1.82) is 0 Å². The zero-order valence-electron chi connectivity index (χ0n) is 15.8. The van der Waals surface area contributed by atoms with Gasteiger partial charge in [-0.15, -0.1) is 13.2 Å². The van der Waals surface area contributed by atoms with Crippen LogP contribution in [0.25, 0.3) is 5.78 Å². The van der Waals surface area contributed by atoms with Crippen LogP contribution in [0.3, 0.4) is 0 Å². The van der Waals surface area contributed by atoms with Crippen LogP contribution in [0.1, 0.15) is 31.1 Å². The predicted molar refractivity (Wildman–Crippen MR) is 91.5 cm³/mol. The summed E-state index contributed by atoms with van der Waals surface area (Å²) in [6, 6.07) is 1.72. The number of ether oxygens (including phenoxy) is 1. The van der Waals surface area contributed by atoms with Crippen molar-refractivity contribution in [3.63, 3.8) is 0 Å². The van der Waals surface area contributed by atoms with Crippen LogP contribution in [0.5, 0.6) is 5.75 Å². The van der Waals surface area contributed by atoms with Crippen LogP contribution in [0.15, 0.2) is 30.6 Å². The molecule has 31 heavy (non-hydrogen) atoms. The minimum atomic E-state index is -5.13. The molecule has 0 spiro atoms. The summed E-state index contributed by atoms with van der Waals surface area (Å²) in [5, 5.41) is 16.9. The van der Waals surface area contributed by atoms with Crippen LogP contribution >= 0.6 is 0 Å². The number of rotatable bonds is 5. The summed E-state index contributed by atoms with van der Waals surface area (Å²) in [4.78, 5) is 6.96. The van der Waals surface area contributed by atoms with E-state index in [0.29, 0.717) is 18.2 Å². The molecule has 0 unspecified atom stereocenters. The minimum absolute atomic E-state index is 0.0711. The molecule has 2 N–H and O–H groups in total. The third kappa shape index (κ3) is 5.13. The van der Waals surface area contributed by atoms with Gasteiger partial charge in [0.05, 0.1) is 11.6 Å². The molecule has 7 nitrogen and oxygen atoms in total. The van der Waals surface area contributed by atoms with Crippen LogP contribution in [0, 0.1) is 5.82 Å². The standard InChI is InChI=1S/C17H14F7N5O2/c1-15(2,30)13(8-3-4-10(9(18)5-8)31-17(22,23)24)28-12-6-11(16(19,20)21)27-14-25-7-26-29(12)14/h3-7,13,28,30H,1-2H3/t13-/m1/s1. The molecule has 0 bridgehead atoms. The molecule has 1 aromatic carbocycles. The second-order valence-corrected chi connectivity index (χ2v) is 6.96. The lowest BCUT2D eigenvalue weighted by atomic mass is 9.91. The van der Waals surface area contributed by atoms with E-state index in [-0.39, 0.29) is 11.4 Å². The topological polar surface area (TPSA) is 84.6 Å². The highest BCUT2D eigenvalue weighted by atomic mass is 19.4. The molecule has 3 rings (SSSR count). The Morgan fingerprint density at radius 2 is 1.77 bits per heavy atom. The Labute approximate surface area is 169 Å². The highest BCUT2D eigenvalue weighted by Gasteiger charge is 2.36. The van der Waals surface area contributed by atoms with E-state index < -0.39 is 47.2 Å². The summed E-state index contributed by atoms with van der Waals surface area (Å²) >= 11 is 0. The van der Waals surface area contributed by atoms with Crippen molar-refractivity contribution in [3.05, 3.63) is 47.7 Å². The van der Waals surface area contributed by atoms with Gasteiger partial charge in [-0.3, -0.25) is 0 Å².